The topological polar surface area (TPSA) is 72.5 Å². The van der Waals surface area contributed by atoms with Gasteiger partial charge in [-0.2, -0.15) is 4.98 Å². The summed E-state index contributed by atoms with van der Waals surface area (Å²) in [6.07, 6.45) is 0.763. The summed E-state index contributed by atoms with van der Waals surface area (Å²) in [5, 5.41) is 7.42. The average Bonchev–Trinajstić information content (AvgIpc) is 3.30. The summed E-state index contributed by atoms with van der Waals surface area (Å²) in [6.45, 7) is 2.51. The van der Waals surface area contributed by atoms with Crippen molar-refractivity contribution < 1.29 is 17.9 Å². The maximum Gasteiger partial charge on any atom is 0.244 e. The molecule has 0 bridgehead atoms. The van der Waals surface area contributed by atoms with Gasteiger partial charge in [0.1, 0.15) is 24.2 Å². The van der Waals surface area contributed by atoms with E-state index in [0.717, 1.165) is 6.54 Å². The predicted octanol–water partition coefficient (Wildman–Crippen LogP) is 3.63. The number of rotatable bonds is 6. The number of methoxy groups -OCH3 is 1. The Kier molecular flexibility index (Phi) is 5.80. The highest BCUT2D eigenvalue weighted by Crippen LogP contribution is 2.35. The third-order valence-corrected chi connectivity index (χ3v) is 6.34. The molecule has 3 aromatic heterocycles. The van der Waals surface area contributed by atoms with Crippen molar-refractivity contribution in [2.24, 2.45) is 0 Å². The van der Waals surface area contributed by atoms with Gasteiger partial charge in [-0.3, -0.25) is 0 Å². The van der Waals surface area contributed by atoms with E-state index >= 15 is 4.39 Å². The molecular formula is C23H26F3N7O. The van der Waals surface area contributed by atoms with E-state index in [-0.39, 0.29) is 23.9 Å². The number of halogens is 3. The zero-order valence-electron chi connectivity index (χ0n) is 19.2. The molecule has 1 fully saturated rings. The Bertz CT molecular complexity index is 1350. The summed E-state index contributed by atoms with van der Waals surface area (Å²) in [5.74, 6) is 0.493. The lowest BCUT2D eigenvalue weighted by atomic mass is 10.0. The van der Waals surface area contributed by atoms with Crippen molar-refractivity contribution in [3.05, 3.63) is 36.0 Å². The van der Waals surface area contributed by atoms with Gasteiger partial charge in [-0.05, 0) is 38.1 Å². The summed E-state index contributed by atoms with van der Waals surface area (Å²) < 4.78 is 51.4. The highest BCUT2D eigenvalue weighted by molar-refractivity contribution is 5.90. The molecule has 5 rings (SSSR count). The highest BCUT2D eigenvalue weighted by Gasteiger charge is 2.29. The zero-order valence-corrected chi connectivity index (χ0v) is 19.2. The third-order valence-electron chi connectivity index (χ3n) is 6.34. The van der Waals surface area contributed by atoms with Crippen molar-refractivity contribution in [3.63, 3.8) is 0 Å². The van der Waals surface area contributed by atoms with Gasteiger partial charge in [0.05, 0.1) is 42.5 Å². The molecule has 8 nitrogen and oxygen atoms in total. The summed E-state index contributed by atoms with van der Waals surface area (Å²) >= 11 is 0. The summed E-state index contributed by atoms with van der Waals surface area (Å²) in [5.41, 5.74) is 2.58. The second-order valence-electron chi connectivity index (χ2n) is 8.61. The Morgan fingerprint density at radius 2 is 2.09 bits per heavy atom. The van der Waals surface area contributed by atoms with Gasteiger partial charge < -0.3 is 19.5 Å². The summed E-state index contributed by atoms with van der Waals surface area (Å²) in [6, 6.07) is 4.87. The van der Waals surface area contributed by atoms with Crippen LogP contribution < -0.4 is 10.1 Å². The number of ether oxygens (including phenoxy) is 1. The molecule has 34 heavy (non-hydrogen) atoms. The Morgan fingerprint density at radius 1 is 1.26 bits per heavy atom. The Labute approximate surface area is 194 Å². The average molecular weight is 474 g/mol. The number of aryl methyl sites for hydroxylation is 2. The second-order valence-corrected chi connectivity index (χ2v) is 8.61. The lowest BCUT2D eigenvalue weighted by molar-refractivity contribution is 0.149. The van der Waals surface area contributed by atoms with Crippen molar-refractivity contribution in [1.82, 2.24) is 29.0 Å². The molecular weight excluding hydrogens is 447 g/mol. The van der Waals surface area contributed by atoms with E-state index in [0.29, 0.717) is 40.9 Å². The van der Waals surface area contributed by atoms with Gasteiger partial charge in [0, 0.05) is 13.1 Å². The van der Waals surface area contributed by atoms with Crippen molar-refractivity contribution in [2.75, 3.05) is 39.2 Å². The Morgan fingerprint density at radius 3 is 2.82 bits per heavy atom. The normalized spacial score (nSPS) is 19.2. The molecule has 0 aliphatic carbocycles. The molecule has 2 atom stereocenters. The van der Waals surface area contributed by atoms with Crippen LogP contribution in [0.5, 0.6) is 5.88 Å². The van der Waals surface area contributed by atoms with E-state index in [9.17, 15) is 8.78 Å². The van der Waals surface area contributed by atoms with Crippen molar-refractivity contribution in [1.29, 1.82) is 0 Å². The lowest BCUT2D eigenvalue weighted by Crippen LogP contribution is -2.46. The smallest absolute Gasteiger partial charge is 0.244 e. The van der Waals surface area contributed by atoms with Crippen LogP contribution in [0.2, 0.25) is 0 Å². The Hall–Kier alpha value is -3.34. The SMILES string of the molecule is COc1nc(N[C@@H]2CCN(C)C[C@@H]2F)nn2cc(F)c(-c3ccc4nc(C)n(CCF)c4c3)c12. The molecule has 0 amide bonds. The first-order chi connectivity index (χ1) is 16.4. The molecule has 11 heteroatoms. The minimum Gasteiger partial charge on any atom is -0.479 e. The van der Waals surface area contributed by atoms with Crippen LogP contribution in [0.1, 0.15) is 12.2 Å². The number of hydrogen-bond donors (Lipinski definition) is 1. The van der Waals surface area contributed by atoms with Crippen LogP contribution in [0.3, 0.4) is 0 Å². The van der Waals surface area contributed by atoms with Crippen LogP contribution in [-0.2, 0) is 6.54 Å². The van der Waals surface area contributed by atoms with Gasteiger partial charge in [0.25, 0.3) is 0 Å². The quantitative estimate of drug-likeness (QED) is 0.461. The van der Waals surface area contributed by atoms with E-state index in [1.807, 2.05) is 11.9 Å². The molecule has 180 valence electrons. The van der Waals surface area contributed by atoms with Gasteiger partial charge in [-0.25, -0.2) is 22.7 Å². The number of hydrogen-bond acceptors (Lipinski definition) is 6. The minimum absolute atomic E-state index is 0.160. The van der Waals surface area contributed by atoms with Crippen LogP contribution in [0.25, 0.3) is 27.7 Å². The largest absolute Gasteiger partial charge is 0.479 e. The monoisotopic (exact) mass is 473 g/mol. The number of nitrogens with one attached hydrogen (secondary N) is 1. The van der Waals surface area contributed by atoms with Crippen LogP contribution in [0.4, 0.5) is 19.1 Å². The van der Waals surface area contributed by atoms with Crippen molar-refractivity contribution in [3.8, 4) is 17.0 Å². The number of piperidine rings is 1. The molecule has 0 radical (unpaired) electrons. The lowest BCUT2D eigenvalue weighted by Gasteiger charge is -2.32. The fraction of sp³-hybridized carbons (Fsp3) is 0.435. The molecule has 4 heterocycles. The van der Waals surface area contributed by atoms with Crippen LogP contribution in [0, 0.1) is 12.7 Å². The maximum atomic E-state index is 15.2. The first-order valence-electron chi connectivity index (χ1n) is 11.1. The molecule has 1 aliphatic rings. The molecule has 1 aliphatic heterocycles. The fourth-order valence-corrected chi connectivity index (χ4v) is 4.65. The summed E-state index contributed by atoms with van der Waals surface area (Å²) in [7, 11) is 3.32. The number of imidazole rings is 1. The van der Waals surface area contributed by atoms with Gasteiger partial charge in [0.2, 0.25) is 11.8 Å². The number of alkyl halides is 2. The molecule has 1 N–H and O–H groups in total. The van der Waals surface area contributed by atoms with Crippen molar-refractivity contribution >= 4 is 22.5 Å². The molecule has 1 saturated heterocycles. The van der Waals surface area contributed by atoms with Gasteiger partial charge >= 0.3 is 0 Å². The number of fused-ring (bicyclic) bond motifs is 2. The predicted molar refractivity (Wildman–Crippen MR) is 123 cm³/mol. The molecule has 0 spiro atoms. The van der Waals surface area contributed by atoms with E-state index in [2.05, 4.69) is 20.4 Å². The standard InChI is InChI=1S/C23H26F3N7O/c1-13-27-18-5-4-14(10-19(18)32(13)9-7-24)20-16(26)12-33-21(20)22(34-3)29-23(30-33)28-17-6-8-31(2)11-15(17)25/h4-5,10,12,15,17H,6-9,11H2,1-3H3,(H,28,30)/t15-,17+/m0/s1. The third kappa shape index (κ3) is 3.83. The van der Waals surface area contributed by atoms with Crippen LogP contribution in [-0.4, -0.2) is 75.2 Å². The van der Waals surface area contributed by atoms with Crippen LogP contribution >= 0.6 is 0 Å². The van der Waals surface area contributed by atoms with E-state index in [4.69, 9.17) is 4.74 Å². The molecule has 4 aromatic rings. The summed E-state index contributed by atoms with van der Waals surface area (Å²) in [4.78, 5) is 10.8. The second kappa shape index (κ2) is 8.79. The van der Waals surface area contributed by atoms with E-state index < -0.39 is 24.7 Å². The van der Waals surface area contributed by atoms with Crippen molar-refractivity contribution in [2.45, 2.75) is 32.1 Å². The number of aromatic nitrogens is 5. The van der Waals surface area contributed by atoms with Gasteiger partial charge in [-0.1, -0.05) is 6.07 Å². The highest BCUT2D eigenvalue weighted by atomic mass is 19.1. The minimum atomic E-state index is -1.08. The first kappa shape index (κ1) is 22.5. The maximum absolute atomic E-state index is 15.2. The molecule has 1 aromatic carbocycles. The van der Waals surface area contributed by atoms with Gasteiger partial charge in [-0.15, -0.1) is 5.10 Å². The Balaban J connectivity index is 1.58. The fourth-order valence-electron chi connectivity index (χ4n) is 4.65. The van der Waals surface area contributed by atoms with E-state index in [1.165, 1.54) is 17.8 Å². The van der Waals surface area contributed by atoms with Gasteiger partial charge in [0.15, 0.2) is 5.82 Å². The number of anilines is 1. The molecule has 0 saturated carbocycles. The van der Waals surface area contributed by atoms with E-state index in [1.54, 1.807) is 29.7 Å². The first-order valence-corrected chi connectivity index (χ1v) is 11.1. The number of benzene rings is 1. The number of likely N-dealkylation sites (tertiary alicyclic amines) is 1. The van der Waals surface area contributed by atoms with Crippen LogP contribution in [0.15, 0.2) is 24.4 Å². The zero-order chi connectivity index (χ0) is 24.0. The molecule has 0 unspecified atom stereocenters. The number of nitrogens with zero attached hydrogens (tertiary/aromatic N) is 6.